The summed E-state index contributed by atoms with van der Waals surface area (Å²) in [5, 5.41) is 13.7. The first-order valence-corrected chi connectivity index (χ1v) is 9.80. The van der Waals surface area contributed by atoms with Gasteiger partial charge in [-0.2, -0.15) is 0 Å². The van der Waals surface area contributed by atoms with E-state index in [0.29, 0.717) is 6.54 Å². The van der Waals surface area contributed by atoms with E-state index in [-0.39, 0.29) is 30.6 Å². The number of aliphatic hydroxyl groups is 1. The van der Waals surface area contributed by atoms with Gasteiger partial charge < -0.3 is 20.2 Å². The molecule has 3 rings (SSSR count). The maximum atomic E-state index is 9.50. The third kappa shape index (κ3) is 5.99. The van der Waals surface area contributed by atoms with Gasteiger partial charge in [0.2, 0.25) is 0 Å². The van der Waals surface area contributed by atoms with E-state index < -0.39 is 0 Å². The fraction of sp³-hybridized carbons (Fsp3) is 0.381. The second-order valence-electron chi connectivity index (χ2n) is 6.55. The number of aliphatic imine (C=N–C) groups is 1. The molecule has 0 spiro atoms. The van der Waals surface area contributed by atoms with Crippen LogP contribution in [0.15, 0.2) is 53.5 Å². The van der Waals surface area contributed by atoms with Crippen molar-refractivity contribution in [3.8, 4) is 0 Å². The van der Waals surface area contributed by atoms with Crippen LogP contribution in [-0.2, 0) is 13.2 Å². The molecule has 28 heavy (non-hydrogen) atoms. The zero-order chi connectivity index (χ0) is 19.1. The lowest BCUT2D eigenvalue weighted by Gasteiger charge is -2.37. The van der Waals surface area contributed by atoms with Crippen LogP contribution in [0.1, 0.15) is 18.1 Å². The lowest BCUT2D eigenvalue weighted by atomic mass is 10.1. The highest BCUT2D eigenvalue weighted by molar-refractivity contribution is 14.0. The second kappa shape index (κ2) is 11.5. The van der Waals surface area contributed by atoms with Crippen molar-refractivity contribution in [2.75, 3.05) is 37.6 Å². The Hall–Kier alpha value is -1.51. The minimum absolute atomic E-state index is 0. The number of nitrogens with one attached hydrogen (secondary N) is 1. The minimum atomic E-state index is 0. The number of guanidine groups is 1. The summed E-state index contributed by atoms with van der Waals surface area (Å²) in [6.07, 6.45) is 0. The number of aliphatic hydroxyl groups excluding tert-OH is 1. The molecule has 7 heteroatoms. The Bertz CT molecular complexity index is 779. The van der Waals surface area contributed by atoms with Gasteiger partial charge >= 0.3 is 0 Å². The van der Waals surface area contributed by atoms with Gasteiger partial charge in [-0.05, 0) is 36.2 Å². The molecule has 1 saturated heterocycles. The first-order chi connectivity index (χ1) is 13.2. The standard InChI is InChI=1S/C21H27ClN4O.HI/c1-2-23-21(24-15-17-6-3-4-7-18(17)16-27)26-12-10-25(11-13-26)20-9-5-8-19(22)14-20;/h3-9,14,27H,2,10-13,15-16H2,1H3,(H,23,24);1H. The third-order valence-electron chi connectivity index (χ3n) is 4.78. The number of nitrogens with zero attached hydrogens (tertiary/aromatic N) is 3. The highest BCUT2D eigenvalue weighted by Crippen LogP contribution is 2.21. The molecular formula is C21H28ClIN4O. The number of benzene rings is 2. The van der Waals surface area contributed by atoms with Crippen LogP contribution in [0.3, 0.4) is 0 Å². The molecule has 1 aliphatic heterocycles. The van der Waals surface area contributed by atoms with E-state index >= 15 is 0 Å². The van der Waals surface area contributed by atoms with Gasteiger partial charge in [0.15, 0.2) is 5.96 Å². The molecule has 5 nitrogen and oxygen atoms in total. The SMILES string of the molecule is CCNC(=NCc1ccccc1CO)N1CCN(c2cccc(Cl)c2)CC1.I. The van der Waals surface area contributed by atoms with Crippen molar-refractivity contribution in [3.63, 3.8) is 0 Å². The van der Waals surface area contributed by atoms with Gasteiger partial charge in [-0.25, -0.2) is 4.99 Å². The highest BCUT2D eigenvalue weighted by Gasteiger charge is 2.20. The number of piperazine rings is 1. The van der Waals surface area contributed by atoms with Crippen molar-refractivity contribution >= 4 is 47.2 Å². The Morgan fingerprint density at radius 2 is 1.79 bits per heavy atom. The normalized spacial score (nSPS) is 14.6. The van der Waals surface area contributed by atoms with E-state index in [1.165, 1.54) is 5.69 Å². The summed E-state index contributed by atoms with van der Waals surface area (Å²) >= 11 is 6.12. The molecule has 0 bridgehead atoms. The second-order valence-corrected chi connectivity index (χ2v) is 6.99. The molecule has 0 aliphatic carbocycles. The highest BCUT2D eigenvalue weighted by atomic mass is 127. The van der Waals surface area contributed by atoms with Gasteiger partial charge in [-0.3, -0.25) is 0 Å². The average Bonchev–Trinajstić information content (AvgIpc) is 2.71. The van der Waals surface area contributed by atoms with Crippen molar-refractivity contribution in [2.24, 2.45) is 4.99 Å². The van der Waals surface area contributed by atoms with E-state index in [0.717, 1.165) is 54.8 Å². The van der Waals surface area contributed by atoms with Gasteiger partial charge in [0.1, 0.15) is 0 Å². The molecule has 152 valence electrons. The molecule has 2 aromatic rings. The van der Waals surface area contributed by atoms with Crippen LogP contribution in [0, 0.1) is 0 Å². The topological polar surface area (TPSA) is 51.1 Å². The molecular weight excluding hydrogens is 487 g/mol. The van der Waals surface area contributed by atoms with Gasteiger partial charge in [0, 0.05) is 43.4 Å². The van der Waals surface area contributed by atoms with Crippen molar-refractivity contribution in [1.29, 1.82) is 0 Å². The quantitative estimate of drug-likeness (QED) is 0.363. The summed E-state index contributed by atoms with van der Waals surface area (Å²) in [6, 6.07) is 15.9. The van der Waals surface area contributed by atoms with Gasteiger partial charge in [-0.15, -0.1) is 24.0 Å². The zero-order valence-electron chi connectivity index (χ0n) is 16.1. The molecule has 1 aliphatic rings. The van der Waals surface area contributed by atoms with E-state index in [9.17, 15) is 5.11 Å². The molecule has 0 radical (unpaired) electrons. The third-order valence-corrected chi connectivity index (χ3v) is 5.01. The zero-order valence-corrected chi connectivity index (χ0v) is 19.2. The summed E-state index contributed by atoms with van der Waals surface area (Å²) in [5.41, 5.74) is 3.16. The summed E-state index contributed by atoms with van der Waals surface area (Å²) in [4.78, 5) is 9.46. The molecule has 0 amide bonds. The van der Waals surface area contributed by atoms with Gasteiger partial charge in [0.05, 0.1) is 13.2 Å². The van der Waals surface area contributed by atoms with E-state index in [2.05, 4.69) is 28.1 Å². The lowest BCUT2D eigenvalue weighted by molar-refractivity contribution is 0.280. The Kier molecular flexibility index (Phi) is 9.34. The predicted octanol–water partition coefficient (Wildman–Crippen LogP) is 3.74. The number of anilines is 1. The molecule has 1 heterocycles. The van der Waals surface area contributed by atoms with Crippen molar-refractivity contribution in [3.05, 3.63) is 64.7 Å². The molecule has 1 fully saturated rings. The molecule has 0 unspecified atom stereocenters. The van der Waals surface area contributed by atoms with Crippen molar-refractivity contribution in [1.82, 2.24) is 10.2 Å². The number of hydrogen-bond acceptors (Lipinski definition) is 3. The minimum Gasteiger partial charge on any atom is -0.392 e. The van der Waals surface area contributed by atoms with Crippen LogP contribution in [0.25, 0.3) is 0 Å². The smallest absolute Gasteiger partial charge is 0.194 e. The molecule has 0 saturated carbocycles. The van der Waals surface area contributed by atoms with Crippen LogP contribution >= 0.6 is 35.6 Å². The summed E-state index contributed by atoms with van der Waals surface area (Å²) in [5.74, 6) is 0.927. The van der Waals surface area contributed by atoms with Crippen LogP contribution in [0.4, 0.5) is 5.69 Å². The van der Waals surface area contributed by atoms with E-state index in [1.54, 1.807) is 0 Å². The predicted molar refractivity (Wildman–Crippen MR) is 128 cm³/mol. The maximum Gasteiger partial charge on any atom is 0.194 e. The van der Waals surface area contributed by atoms with E-state index in [4.69, 9.17) is 16.6 Å². The maximum absolute atomic E-state index is 9.50. The van der Waals surface area contributed by atoms with Gasteiger partial charge in [-0.1, -0.05) is 41.9 Å². The van der Waals surface area contributed by atoms with Crippen LogP contribution in [-0.4, -0.2) is 48.7 Å². The largest absolute Gasteiger partial charge is 0.392 e. The Morgan fingerprint density at radius 3 is 2.43 bits per heavy atom. The van der Waals surface area contributed by atoms with Crippen LogP contribution in [0.2, 0.25) is 5.02 Å². The summed E-state index contributed by atoms with van der Waals surface area (Å²) in [6.45, 7) is 7.18. The lowest BCUT2D eigenvalue weighted by Crippen LogP contribution is -2.52. The monoisotopic (exact) mass is 514 g/mol. The molecule has 2 N–H and O–H groups in total. The first-order valence-electron chi connectivity index (χ1n) is 9.42. The first kappa shape index (κ1) is 22.8. The average molecular weight is 515 g/mol. The van der Waals surface area contributed by atoms with Crippen molar-refractivity contribution in [2.45, 2.75) is 20.1 Å². The fourth-order valence-electron chi connectivity index (χ4n) is 3.30. The summed E-state index contributed by atoms with van der Waals surface area (Å²) < 4.78 is 0. The Morgan fingerprint density at radius 1 is 1.07 bits per heavy atom. The van der Waals surface area contributed by atoms with Crippen molar-refractivity contribution < 1.29 is 5.11 Å². The molecule has 2 aromatic carbocycles. The fourth-order valence-corrected chi connectivity index (χ4v) is 3.49. The summed E-state index contributed by atoms with van der Waals surface area (Å²) in [7, 11) is 0. The number of hydrogen-bond donors (Lipinski definition) is 2. The molecule has 0 atom stereocenters. The molecule has 0 aromatic heterocycles. The number of halogens is 2. The van der Waals surface area contributed by atoms with Gasteiger partial charge in [0.25, 0.3) is 0 Å². The van der Waals surface area contributed by atoms with E-state index in [1.807, 2.05) is 42.5 Å². The Balaban J connectivity index is 0.00000280. The van der Waals surface area contributed by atoms with Crippen LogP contribution < -0.4 is 10.2 Å². The Labute approximate surface area is 189 Å². The van der Waals surface area contributed by atoms with Crippen LogP contribution in [0.5, 0.6) is 0 Å². The number of rotatable bonds is 5.